The van der Waals surface area contributed by atoms with Crippen LogP contribution in [0.25, 0.3) is 0 Å². The van der Waals surface area contributed by atoms with Crippen LogP contribution in [-0.2, 0) is 0 Å². The van der Waals surface area contributed by atoms with Crippen molar-refractivity contribution in [3.05, 3.63) is 35.8 Å². The number of aromatic nitrogens is 1. The standard InChI is InChI=1S/C12H14N2OS2/c13-10-4-1-2-5-11(10)15-7-3-8-16-12-14-6-9-17-12/h1-2,4-6,9H,3,7-8,13H2. The minimum Gasteiger partial charge on any atom is -0.491 e. The van der Waals surface area contributed by atoms with Crippen molar-refractivity contribution in [1.82, 2.24) is 4.98 Å². The molecule has 0 radical (unpaired) electrons. The Morgan fingerprint density at radius 1 is 1.35 bits per heavy atom. The molecule has 0 fully saturated rings. The monoisotopic (exact) mass is 266 g/mol. The van der Waals surface area contributed by atoms with Crippen LogP contribution < -0.4 is 10.5 Å². The Hall–Kier alpha value is -1.20. The quantitative estimate of drug-likeness (QED) is 0.495. The minimum atomic E-state index is 0.687. The first kappa shape index (κ1) is 12.3. The molecule has 0 saturated heterocycles. The normalized spacial score (nSPS) is 10.4. The molecule has 0 spiro atoms. The van der Waals surface area contributed by atoms with E-state index in [0.29, 0.717) is 12.3 Å². The van der Waals surface area contributed by atoms with Gasteiger partial charge in [0.1, 0.15) is 10.1 Å². The minimum absolute atomic E-state index is 0.687. The molecule has 0 unspecified atom stereocenters. The van der Waals surface area contributed by atoms with E-state index in [1.807, 2.05) is 35.8 Å². The molecule has 0 aliphatic heterocycles. The summed E-state index contributed by atoms with van der Waals surface area (Å²) >= 11 is 3.43. The first-order chi connectivity index (χ1) is 8.36. The SMILES string of the molecule is Nc1ccccc1OCCCSc1nccs1. The number of hydrogen-bond acceptors (Lipinski definition) is 5. The van der Waals surface area contributed by atoms with E-state index in [4.69, 9.17) is 10.5 Å². The molecule has 0 atom stereocenters. The van der Waals surface area contributed by atoms with Crippen molar-refractivity contribution in [1.29, 1.82) is 0 Å². The van der Waals surface area contributed by atoms with Gasteiger partial charge in [-0.15, -0.1) is 11.3 Å². The van der Waals surface area contributed by atoms with Gasteiger partial charge in [-0.05, 0) is 18.6 Å². The van der Waals surface area contributed by atoms with Crippen LogP contribution in [0.1, 0.15) is 6.42 Å². The number of benzene rings is 1. The number of rotatable bonds is 6. The molecule has 17 heavy (non-hydrogen) atoms. The average Bonchev–Trinajstić information content (AvgIpc) is 2.84. The zero-order valence-electron chi connectivity index (χ0n) is 9.33. The zero-order chi connectivity index (χ0) is 11.9. The summed E-state index contributed by atoms with van der Waals surface area (Å²) in [5.74, 6) is 1.78. The Balaban J connectivity index is 1.65. The van der Waals surface area contributed by atoms with Crippen LogP contribution in [-0.4, -0.2) is 17.3 Å². The summed E-state index contributed by atoms with van der Waals surface area (Å²) in [5, 5.41) is 1.99. The fraction of sp³-hybridized carbons (Fsp3) is 0.250. The van der Waals surface area contributed by atoms with Gasteiger partial charge in [0, 0.05) is 17.3 Å². The predicted octanol–water partition coefficient (Wildman–Crippen LogP) is 3.29. The van der Waals surface area contributed by atoms with E-state index >= 15 is 0 Å². The molecule has 0 aliphatic carbocycles. The molecular formula is C12H14N2OS2. The molecule has 0 bridgehead atoms. The lowest BCUT2D eigenvalue weighted by molar-refractivity contribution is 0.320. The van der Waals surface area contributed by atoms with E-state index in [0.717, 1.165) is 22.3 Å². The van der Waals surface area contributed by atoms with Gasteiger partial charge in [-0.1, -0.05) is 23.9 Å². The number of thioether (sulfide) groups is 1. The number of para-hydroxylation sites is 2. The number of anilines is 1. The summed E-state index contributed by atoms with van der Waals surface area (Å²) in [4.78, 5) is 4.21. The van der Waals surface area contributed by atoms with Crippen LogP contribution in [0.3, 0.4) is 0 Å². The van der Waals surface area contributed by atoms with Crippen molar-refractivity contribution < 1.29 is 4.74 Å². The maximum Gasteiger partial charge on any atom is 0.149 e. The van der Waals surface area contributed by atoms with E-state index in [9.17, 15) is 0 Å². The summed E-state index contributed by atoms with van der Waals surface area (Å²) in [5.41, 5.74) is 6.47. The number of nitrogen functional groups attached to an aromatic ring is 1. The van der Waals surface area contributed by atoms with Crippen molar-refractivity contribution >= 4 is 28.8 Å². The molecule has 0 aliphatic rings. The summed E-state index contributed by atoms with van der Waals surface area (Å²) in [7, 11) is 0. The van der Waals surface area contributed by atoms with Crippen LogP contribution in [0, 0.1) is 0 Å². The molecule has 2 rings (SSSR count). The van der Waals surface area contributed by atoms with Crippen LogP contribution in [0.2, 0.25) is 0 Å². The summed E-state index contributed by atoms with van der Waals surface area (Å²) in [6.45, 7) is 0.687. The van der Waals surface area contributed by atoms with E-state index < -0.39 is 0 Å². The molecule has 90 valence electrons. The van der Waals surface area contributed by atoms with Gasteiger partial charge in [0.15, 0.2) is 0 Å². The molecule has 3 nitrogen and oxygen atoms in total. The van der Waals surface area contributed by atoms with Crippen LogP contribution in [0.15, 0.2) is 40.2 Å². The molecule has 1 aromatic heterocycles. The fourth-order valence-electron chi connectivity index (χ4n) is 1.29. The molecule has 5 heteroatoms. The highest BCUT2D eigenvalue weighted by Gasteiger charge is 1.99. The molecule has 1 aromatic carbocycles. The number of nitrogens with zero attached hydrogens (tertiary/aromatic N) is 1. The molecule has 0 amide bonds. The Bertz CT molecular complexity index is 446. The van der Waals surface area contributed by atoms with Crippen molar-refractivity contribution in [2.75, 3.05) is 18.1 Å². The van der Waals surface area contributed by atoms with Gasteiger partial charge in [-0.25, -0.2) is 4.98 Å². The third-order valence-electron chi connectivity index (χ3n) is 2.10. The lowest BCUT2D eigenvalue weighted by Gasteiger charge is -2.07. The van der Waals surface area contributed by atoms with Crippen molar-refractivity contribution in [3.8, 4) is 5.75 Å². The maximum absolute atomic E-state index is 5.77. The summed E-state index contributed by atoms with van der Waals surface area (Å²) < 4.78 is 6.72. The Labute approximate surface area is 109 Å². The summed E-state index contributed by atoms with van der Waals surface area (Å²) in [6, 6.07) is 7.57. The second-order valence-electron chi connectivity index (χ2n) is 3.39. The number of hydrogen-bond donors (Lipinski definition) is 1. The second-order valence-corrected chi connectivity index (χ2v) is 5.62. The van der Waals surface area contributed by atoms with Gasteiger partial charge in [-0.2, -0.15) is 0 Å². The largest absolute Gasteiger partial charge is 0.491 e. The number of thiazole rings is 1. The first-order valence-electron chi connectivity index (χ1n) is 5.36. The molecule has 2 N–H and O–H groups in total. The van der Waals surface area contributed by atoms with Crippen molar-refractivity contribution in [2.24, 2.45) is 0 Å². The Kier molecular flexibility index (Phi) is 4.70. The Morgan fingerprint density at radius 3 is 3.00 bits per heavy atom. The van der Waals surface area contributed by atoms with Gasteiger partial charge in [0.05, 0.1) is 12.3 Å². The molecule has 1 heterocycles. The molecular weight excluding hydrogens is 252 g/mol. The third kappa shape index (κ3) is 3.94. The van der Waals surface area contributed by atoms with Gasteiger partial charge >= 0.3 is 0 Å². The first-order valence-corrected chi connectivity index (χ1v) is 7.22. The summed E-state index contributed by atoms with van der Waals surface area (Å²) in [6.07, 6.45) is 2.81. The van der Waals surface area contributed by atoms with Crippen molar-refractivity contribution in [3.63, 3.8) is 0 Å². The van der Waals surface area contributed by atoms with Crippen LogP contribution in [0.5, 0.6) is 5.75 Å². The highest BCUT2D eigenvalue weighted by molar-refractivity contribution is 8.00. The van der Waals surface area contributed by atoms with Crippen LogP contribution >= 0.6 is 23.1 Å². The van der Waals surface area contributed by atoms with E-state index in [1.165, 1.54) is 0 Å². The smallest absolute Gasteiger partial charge is 0.149 e. The maximum atomic E-state index is 5.77. The fourth-order valence-corrected chi connectivity index (χ4v) is 2.92. The number of ether oxygens (including phenoxy) is 1. The second kappa shape index (κ2) is 6.51. The van der Waals surface area contributed by atoms with Crippen LogP contribution in [0.4, 0.5) is 5.69 Å². The third-order valence-corrected chi connectivity index (χ3v) is 4.15. The van der Waals surface area contributed by atoms with E-state index in [1.54, 1.807) is 23.1 Å². The molecule has 2 aromatic rings. The van der Waals surface area contributed by atoms with Gasteiger partial charge < -0.3 is 10.5 Å². The highest BCUT2D eigenvalue weighted by atomic mass is 32.2. The predicted molar refractivity (Wildman–Crippen MR) is 73.8 cm³/mol. The van der Waals surface area contributed by atoms with Gasteiger partial charge in [0.2, 0.25) is 0 Å². The van der Waals surface area contributed by atoms with Crippen molar-refractivity contribution in [2.45, 2.75) is 10.8 Å². The molecule has 0 saturated carbocycles. The average molecular weight is 266 g/mol. The lowest BCUT2D eigenvalue weighted by atomic mass is 10.3. The number of nitrogens with two attached hydrogens (primary N) is 1. The van der Waals surface area contributed by atoms with Gasteiger partial charge in [-0.3, -0.25) is 0 Å². The lowest BCUT2D eigenvalue weighted by Crippen LogP contribution is -2.01. The van der Waals surface area contributed by atoms with E-state index in [-0.39, 0.29) is 0 Å². The van der Waals surface area contributed by atoms with E-state index in [2.05, 4.69) is 4.98 Å². The highest BCUT2D eigenvalue weighted by Crippen LogP contribution is 2.22. The topological polar surface area (TPSA) is 48.1 Å². The Morgan fingerprint density at radius 2 is 2.24 bits per heavy atom. The van der Waals surface area contributed by atoms with Gasteiger partial charge in [0.25, 0.3) is 0 Å². The zero-order valence-corrected chi connectivity index (χ0v) is 11.0.